The highest BCUT2D eigenvalue weighted by molar-refractivity contribution is 5.92. The predicted octanol–water partition coefficient (Wildman–Crippen LogP) is 3.85. The topological polar surface area (TPSA) is 58.6 Å². The number of carbonyl (C=O) groups is 1. The van der Waals surface area contributed by atoms with Crippen LogP contribution in [0.1, 0.15) is 21.5 Å². The van der Waals surface area contributed by atoms with Gasteiger partial charge < -0.3 is 15.2 Å². The van der Waals surface area contributed by atoms with Gasteiger partial charge in [-0.3, -0.25) is 0 Å². The number of anilines is 2. The van der Waals surface area contributed by atoms with Crippen molar-refractivity contribution >= 4 is 17.3 Å². The van der Waals surface area contributed by atoms with E-state index in [2.05, 4.69) is 5.32 Å². The summed E-state index contributed by atoms with van der Waals surface area (Å²) in [5.74, 6) is 0.302. The Bertz CT molecular complexity index is 692. The Labute approximate surface area is 110 Å². The Morgan fingerprint density at radius 1 is 1.11 bits per heavy atom. The average Bonchev–Trinajstić information content (AvgIpc) is 2.35. The molecule has 1 aliphatic heterocycles. The second-order valence-electron chi connectivity index (χ2n) is 4.70. The SMILES string of the molecule is Cc1ccc2c(c1)Nc1cc(C)c(C(=O)O)cc1O2. The van der Waals surface area contributed by atoms with Gasteiger partial charge in [-0.2, -0.15) is 0 Å². The van der Waals surface area contributed by atoms with Crippen LogP contribution < -0.4 is 10.1 Å². The third-order valence-corrected chi connectivity index (χ3v) is 3.18. The van der Waals surface area contributed by atoms with Gasteiger partial charge >= 0.3 is 5.97 Å². The highest BCUT2D eigenvalue weighted by Gasteiger charge is 2.19. The molecule has 0 aliphatic carbocycles. The highest BCUT2D eigenvalue weighted by Crippen LogP contribution is 2.43. The molecular formula is C15H13NO3. The molecule has 4 nitrogen and oxygen atoms in total. The van der Waals surface area contributed by atoms with E-state index >= 15 is 0 Å². The fourth-order valence-electron chi connectivity index (χ4n) is 2.19. The summed E-state index contributed by atoms with van der Waals surface area (Å²) in [7, 11) is 0. The number of carboxylic acids is 1. The molecule has 0 saturated heterocycles. The molecular weight excluding hydrogens is 242 g/mol. The number of rotatable bonds is 1. The van der Waals surface area contributed by atoms with Crippen molar-refractivity contribution in [2.24, 2.45) is 0 Å². The Hall–Kier alpha value is -2.49. The minimum Gasteiger partial charge on any atom is -0.478 e. The highest BCUT2D eigenvalue weighted by atomic mass is 16.5. The summed E-state index contributed by atoms with van der Waals surface area (Å²) < 4.78 is 5.75. The first-order valence-electron chi connectivity index (χ1n) is 5.98. The Kier molecular flexibility index (Phi) is 2.45. The van der Waals surface area contributed by atoms with Gasteiger partial charge in [0.05, 0.1) is 16.9 Å². The summed E-state index contributed by atoms with van der Waals surface area (Å²) in [6.07, 6.45) is 0. The van der Waals surface area contributed by atoms with Crippen molar-refractivity contribution in [3.05, 3.63) is 47.0 Å². The van der Waals surface area contributed by atoms with Crippen LogP contribution in [0.4, 0.5) is 11.4 Å². The standard InChI is InChI=1S/C15H13NO3/c1-8-3-4-13-11(5-8)16-12-6-9(2)10(15(17)18)7-14(12)19-13/h3-7,16H,1-2H3,(H,17,18). The summed E-state index contributed by atoms with van der Waals surface area (Å²) in [6, 6.07) is 9.18. The largest absolute Gasteiger partial charge is 0.478 e. The molecule has 2 N–H and O–H groups in total. The van der Waals surface area contributed by atoms with Gasteiger partial charge in [-0.25, -0.2) is 4.79 Å². The lowest BCUT2D eigenvalue weighted by Crippen LogP contribution is -2.07. The van der Waals surface area contributed by atoms with Gasteiger partial charge in [0.25, 0.3) is 0 Å². The Balaban J connectivity index is 2.10. The first-order chi connectivity index (χ1) is 9.04. The first-order valence-corrected chi connectivity index (χ1v) is 5.98. The molecule has 0 saturated carbocycles. The van der Waals surface area contributed by atoms with Gasteiger partial charge in [-0.15, -0.1) is 0 Å². The van der Waals surface area contributed by atoms with Crippen LogP contribution in [0.3, 0.4) is 0 Å². The fraction of sp³-hybridized carbons (Fsp3) is 0.133. The summed E-state index contributed by atoms with van der Waals surface area (Å²) in [4.78, 5) is 11.1. The number of carboxylic acid groups (broad SMARTS) is 1. The zero-order valence-corrected chi connectivity index (χ0v) is 10.7. The molecule has 0 fully saturated rings. The van der Waals surface area contributed by atoms with Crippen molar-refractivity contribution in [3.8, 4) is 11.5 Å². The number of ether oxygens (including phenoxy) is 1. The molecule has 2 aromatic rings. The van der Waals surface area contributed by atoms with E-state index in [0.717, 1.165) is 16.9 Å². The van der Waals surface area contributed by atoms with Crippen molar-refractivity contribution < 1.29 is 14.6 Å². The van der Waals surface area contributed by atoms with E-state index in [-0.39, 0.29) is 5.56 Å². The van der Waals surface area contributed by atoms with E-state index in [1.54, 1.807) is 19.1 Å². The van der Waals surface area contributed by atoms with Crippen LogP contribution >= 0.6 is 0 Å². The third kappa shape index (κ3) is 1.91. The lowest BCUT2D eigenvalue weighted by molar-refractivity contribution is 0.0696. The van der Waals surface area contributed by atoms with Crippen LogP contribution in [-0.4, -0.2) is 11.1 Å². The summed E-state index contributed by atoms with van der Waals surface area (Å²) in [5.41, 5.74) is 3.79. The molecule has 4 heteroatoms. The van der Waals surface area contributed by atoms with Crippen LogP contribution in [0, 0.1) is 13.8 Å². The Morgan fingerprint density at radius 2 is 1.84 bits per heavy atom. The summed E-state index contributed by atoms with van der Waals surface area (Å²) in [6.45, 7) is 3.79. The van der Waals surface area contributed by atoms with Gasteiger partial charge in [0.15, 0.2) is 11.5 Å². The molecule has 0 bridgehead atoms. The normalized spacial score (nSPS) is 11.9. The van der Waals surface area contributed by atoms with E-state index < -0.39 is 5.97 Å². The van der Waals surface area contributed by atoms with Crippen LogP contribution in [0.2, 0.25) is 0 Å². The summed E-state index contributed by atoms with van der Waals surface area (Å²) >= 11 is 0. The number of aryl methyl sites for hydroxylation is 2. The van der Waals surface area contributed by atoms with E-state index in [1.165, 1.54) is 0 Å². The molecule has 0 unspecified atom stereocenters. The van der Waals surface area contributed by atoms with Crippen molar-refractivity contribution in [1.29, 1.82) is 0 Å². The van der Waals surface area contributed by atoms with E-state index in [0.29, 0.717) is 17.1 Å². The molecule has 0 aromatic heterocycles. The predicted molar refractivity (Wildman–Crippen MR) is 72.7 cm³/mol. The second-order valence-corrected chi connectivity index (χ2v) is 4.70. The molecule has 2 aromatic carbocycles. The quantitative estimate of drug-likeness (QED) is 0.693. The Morgan fingerprint density at radius 3 is 2.58 bits per heavy atom. The third-order valence-electron chi connectivity index (χ3n) is 3.18. The van der Waals surface area contributed by atoms with Crippen LogP contribution in [0.15, 0.2) is 30.3 Å². The van der Waals surface area contributed by atoms with Crippen LogP contribution in [0.5, 0.6) is 11.5 Å². The molecule has 0 radical (unpaired) electrons. The maximum absolute atomic E-state index is 11.1. The molecule has 1 heterocycles. The molecule has 0 atom stereocenters. The van der Waals surface area contributed by atoms with Crippen LogP contribution in [-0.2, 0) is 0 Å². The van der Waals surface area contributed by atoms with Crippen molar-refractivity contribution in [2.45, 2.75) is 13.8 Å². The summed E-state index contributed by atoms with van der Waals surface area (Å²) in [5, 5.41) is 12.4. The minimum atomic E-state index is -0.946. The molecule has 0 amide bonds. The first kappa shape index (κ1) is 11.6. The smallest absolute Gasteiger partial charge is 0.336 e. The lowest BCUT2D eigenvalue weighted by Gasteiger charge is -2.23. The second kappa shape index (κ2) is 4.02. The maximum Gasteiger partial charge on any atom is 0.336 e. The molecule has 3 rings (SSSR count). The van der Waals surface area contributed by atoms with Crippen molar-refractivity contribution in [2.75, 3.05) is 5.32 Å². The average molecular weight is 255 g/mol. The number of benzene rings is 2. The van der Waals surface area contributed by atoms with Crippen molar-refractivity contribution in [1.82, 2.24) is 0 Å². The van der Waals surface area contributed by atoms with E-state index in [4.69, 9.17) is 9.84 Å². The van der Waals surface area contributed by atoms with Crippen molar-refractivity contribution in [3.63, 3.8) is 0 Å². The monoisotopic (exact) mass is 255 g/mol. The van der Waals surface area contributed by atoms with Gasteiger partial charge in [0.2, 0.25) is 0 Å². The van der Waals surface area contributed by atoms with E-state index in [1.807, 2.05) is 25.1 Å². The molecule has 96 valence electrons. The lowest BCUT2D eigenvalue weighted by atomic mass is 10.1. The number of hydrogen-bond donors (Lipinski definition) is 2. The van der Waals surface area contributed by atoms with E-state index in [9.17, 15) is 4.79 Å². The van der Waals surface area contributed by atoms with Gasteiger partial charge in [-0.1, -0.05) is 6.07 Å². The fourth-order valence-corrected chi connectivity index (χ4v) is 2.19. The maximum atomic E-state index is 11.1. The van der Waals surface area contributed by atoms with Crippen LogP contribution in [0.25, 0.3) is 0 Å². The zero-order valence-electron chi connectivity index (χ0n) is 10.7. The van der Waals surface area contributed by atoms with Gasteiger partial charge in [0.1, 0.15) is 0 Å². The van der Waals surface area contributed by atoms with Gasteiger partial charge in [0, 0.05) is 0 Å². The molecule has 0 spiro atoms. The number of fused-ring (bicyclic) bond motifs is 2. The molecule has 1 aliphatic rings. The number of hydrogen-bond acceptors (Lipinski definition) is 3. The number of aromatic carboxylic acids is 1. The number of nitrogens with one attached hydrogen (secondary N) is 1. The minimum absolute atomic E-state index is 0.260. The molecule has 19 heavy (non-hydrogen) atoms. The van der Waals surface area contributed by atoms with Gasteiger partial charge in [-0.05, 0) is 49.2 Å². The zero-order chi connectivity index (χ0) is 13.6.